The molecule has 5 heteroatoms. The van der Waals surface area contributed by atoms with Crippen molar-refractivity contribution in [2.45, 2.75) is 12.5 Å². The number of hydrogen-bond acceptors (Lipinski definition) is 2. The van der Waals surface area contributed by atoms with Crippen LogP contribution in [0.4, 0.5) is 4.39 Å². The Morgan fingerprint density at radius 3 is 3.00 bits per heavy atom. The summed E-state index contributed by atoms with van der Waals surface area (Å²) in [6.45, 7) is 0. The zero-order valence-electron chi connectivity index (χ0n) is 11.6. The largest absolute Gasteiger partial charge is 0.313 e. The molecule has 1 aromatic carbocycles. The van der Waals surface area contributed by atoms with Gasteiger partial charge in [-0.3, -0.25) is 0 Å². The van der Waals surface area contributed by atoms with Gasteiger partial charge in [0, 0.05) is 22.3 Å². The summed E-state index contributed by atoms with van der Waals surface area (Å²) in [7, 11) is 1.91. The molecule has 108 valence electrons. The molecule has 0 aliphatic rings. The summed E-state index contributed by atoms with van der Waals surface area (Å²) in [5.41, 5.74) is 3.10. The summed E-state index contributed by atoms with van der Waals surface area (Å²) in [6, 6.07) is 10.8. The van der Waals surface area contributed by atoms with Gasteiger partial charge in [0.1, 0.15) is 5.82 Å². The van der Waals surface area contributed by atoms with Crippen LogP contribution in [0.15, 0.2) is 53.3 Å². The molecule has 1 unspecified atom stereocenters. The summed E-state index contributed by atoms with van der Waals surface area (Å²) < 4.78 is 16.2. The van der Waals surface area contributed by atoms with Gasteiger partial charge in [0.25, 0.3) is 0 Å². The van der Waals surface area contributed by atoms with Crippen LogP contribution >= 0.6 is 15.9 Å². The molecule has 0 spiro atoms. The normalized spacial score (nSPS) is 12.7. The first kappa shape index (κ1) is 14.2. The molecule has 0 aliphatic carbocycles. The second kappa shape index (κ2) is 5.95. The third-order valence-electron chi connectivity index (χ3n) is 3.61. The first-order chi connectivity index (χ1) is 10.2. The molecule has 0 saturated heterocycles. The number of halogens is 2. The molecule has 0 saturated carbocycles. The highest BCUT2D eigenvalue weighted by molar-refractivity contribution is 9.10. The maximum atomic E-state index is 13.4. The number of aromatic nitrogens is 2. The van der Waals surface area contributed by atoms with Crippen molar-refractivity contribution in [2.75, 3.05) is 7.05 Å². The molecule has 1 atom stereocenters. The summed E-state index contributed by atoms with van der Waals surface area (Å²) >= 11 is 3.49. The number of benzene rings is 1. The monoisotopic (exact) mass is 347 g/mol. The molecule has 0 fully saturated rings. The van der Waals surface area contributed by atoms with Gasteiger partial charge in [0.2, 0.25) is 0 Å². The molecule has 21 heavy (non-hydrogen) atoms. The van der Waals surface area contributed by atoms with Gasteiger partial charge in [-0.1, -0.05) is 22.0 Å². The maximum absolute atomic E-state index is 13.4. The zero-order valence-corrected chi connectivity index (χ0v) is 13.1. The number of likely N-dealkylation sites (N-methyl/N-ethyl adjacent to an activating group) is 1. The van der Waals surface area contributed by atoms with Crippen molar-refractivity contribution in [1.82, 2.24) is 14.9 Å². The average Bonchev–Trinajstić information content (AvgIpc) is 2.92. The summed E-state index contributed by atoms with van der Waals surface area (Å²) in [6.07, 6.45) is 4.47. The summed E-state index contributed by atoms with van der Waals surface area (Å²) in [4.78, 5) is 0. The molecule has 3 rings (SSSR count). The number of rotatable bonds is 4. The lowest BCUT2D eigenvalue weighted by atomic mass is 10.00. The highest BCUT2D eigenvalue weighted by Gasteiger charge is 2.16. The van der Waals surface area contributed by atoms with Gasteiger partial charge < -0.3 is 5.32 Å². The van der Waals surface area contributed by atoms with E-state index in [1.54, 1.807) is 12.1 Å². The van der Waals surface area contributed by atoms with Crippen LogP contribution in [-0.4, -0.2) is 16.7 Å². The van der Waals surface area contributed by atoms with E-state index >= 15 is 0 Å². The number of hydrogen-bond donors (Lipinski definition) is 1. The van der Waals surface area contributed by atoms with Crippen molar-refractivity contribution in [1.29, 1.82) is 0 Å². The van der Waals surface area contributed by atoms with Crippen molar-refractivity contribution in [3.05, 3.63) is 70.2 Å². The van der Waals surface area contributed by atoms with E-state index in [9.17, 15) is 4.39 Å². The summed E-state index contributed by atoms with van der Waals surface area (Å²) in [5, 5.41) is 7.66. The summed E-state index contributed by atoms with van der Waals surface area (Å²) in [5.74, 6) is -0.220. The second-order valence-corrected chi connectivity index (χ2v) is 5.77. The smallest absolute Gasteiger partial charge is 0.123 e. The highest BCUT2D eigenvalue weighted by atomic mass is 79.9. The van der Waals surface area contributed by atoms with Crippen molar-refractivity contribution in [3.8, 4) is 0 Å². The van der Waals surface area contributed by atoms with E-state index in [1.807, 2.05) is 42.2 Å². The van der Waals surface area contributed by atoms with E-state index < -0.39 is 0 Å². The molecule has 1 N–H and O–H groups in total. The van der Waals surface area contributed by atoms with Crippen LogP contribution in [0.2, 0.25) is 0 Å². The first-order valence-electron chi connectivity index (χ1n) is 6.72. The fourth-order valence-corrected chi connectivity index (χ4v) is 2.92. The third kappa shape index (κ3) is 2.84. The first-order valence-corrected chi connectivity index (χ1v) is 7.52. The van der Waals surface area contributed by atoms with Crippen LogP contribution in [-0.2, 0) is 6.42 Å². The minimum Gasteiger partial charge on any atom is -0.313 e. The Morgan fingerprint density at radius 2 is 2.19 bits per heavy atom. The molecule has 3 aromatic rings. The Balaban J connectivity index is 1.97. The van der Waals surface area contributed by atoms with E-state index in [0.29, 0.717) is 6.42 Å². The molecular weight excluding hydrogens is 333 g/mol. The molecule has 2 heterocycles. The van der Waals surface area contributed by atoms with Crippen molar-refractivity contribution in [2.24, 2.45) is 0 Å². The van der Waals surface area contributed by atoms with E-state index in [1.165, 1.54) is 6.07 Å². The molecule has 0 amide bonds. The maximum Gasteiger partial charge on any atom is 0.123 e. The van der Waals surface area contributed by atoms with Crippen LogP contribution in [0, 0.1) is 5.82 Å². The van der Waals surface area contributed by atoms with Gasteiger partial charge in [-0.25, -0.2) is 8.91 Å². The Hall–Kier alpha value is -1.72. The van der Waals surface area contributed by atoms with E-state index in [0.717, 1.165) is 21.1 Å². The van der Waals surface area contributed by atoms with Crippen molar-refractivity contribution < 1.29 is 4.39 Å². The zero-order chi connectivity index (χ0) is 14.8. The fourth-order valence-electron chi connectivity index (χ4n) is 2.51. The topological polar surface area (TPSA) is 29.3 Å². The number of pyridine rings is 1. The second-order valence-electron chi connectivity index (χ2n) is 4.91. The van der Waals surface area contributed by atoms with Crippen molar-refractivity contribution >= 4 is 21.4 Å². The Kier molecular flexibility index (Phi) is 4.03. The van der Waals surface area contributed by atoms with Gasteiger partial charge >= 0.3 is 0 Å². The van der Waals surface area contributed by atoms with Crippen LogP contribution < -0.4 is 5.32 Å². The Labute approximate surface area is 130 Å². The number of fused-ring (bicyclic) bond motifs is 1. The lowest BCUT2D eigenvalue weighted by molar-refractivity contribution is 0.586. The van der Waals surface area contributed by atoms with Crippen LogP contribution in [0.5, 0.6) is 0 Å². The Bertz CT molecular complexity index is 769. The SMILES string of the molecule is CNC(Cc1cc(F)ccc1Br)c1cnn2ccccc12. The van der Waals surface area contributed by atoms with Crippen LogP contribution in [0.1, 0.15) is 17.2 Å². The molecule has 0 bridgehead atoms. The molecular formula is C16H15BrFN3. The van der Waals surface area contributed by atoms with E-state index in [4.69, 9.17) is 0 Å². The van der Waals surface area contributed by atoms with Gasteiger partial charge in [-0.2, -0.15) is 5.10 Å². The fraction of sp³-hybridized carbons (Fsp3) is 0.188. The lowest BCUT2D eigenvalue weighted by Crippen LogP contribution is -2.19. The number of nitrogens with one attached hydrogen (secondary N) is 1. The van der Waals surface area contributed by atoms with Crippen LogP contribution in [0.25, 0.3) is 5.52 Å². The van der Waals surface area contributed by atoms with Crippen LogP contribution in [0.3, 0.4) is 0 Å². The highest BCUT2D eigenvalue weighted by Crippen LogP contribution is 2.26. The standard InChI is InChI=1S/C16H15BrFN3/c1-19-15(9-11-8-12(18)5-6-14(11)17)13-10-20-21-7-3-2-4-16(13)21/h2-8,10,15,19H,9H2,1H3. The van der Waals surface area contributed by atoms with Crippen molar-refractivity contribution in [3.63, 3.8) is 0 Å². The van der Waals surface area contributed by atoms with Gasteiger partial charge in [-0.05, 0) is 49.4 Å². The van der Waals surface area contributed by atoms with Gasteiger partial charge in [0.15, 0.2) is 0 Å². The minimum atomic E-state index is -0.220. The predicted molar refractivity (Wildman–Crippen MR) is 84.8 cm³/mol. The lowest BCUT2D eigenvalue weighted by Gasteiger charge is -2.16. The molecule has 3 nitrogen and oxygen atoms in total. The third-order valence-corrected chi connectivity index (χ3v) is 4.39. The molecule has 2 aromatic heterocycles. The van der Waals surface area contributed by atoms with Gasteiger partial charge in [-0.15, -0.1) is 0 Å². The quantitative estimate of drug-likeness (QED) is 0.778. The Morgan fingerprint density at radius 1 is 1.33 bits per heavy atom. The van der Waals surface area contributed by atoms with E-state index in [2.05, 4.69) is 26.3 Å². The average molecular weight is 348 g/mol. The molecule has 0 radical (unpaired) electrons. The minimum absolute atomic E-state index is 0.0722. The van der Waals surface area contributed by atoms with Gasteiger partial charge in [0.05, 0.1) is 11.7 Å². The van der Waals surface area contributed by atoms with E-state index in [-0.39, 0.29) is 11.9 Å². The number of nitrogens with zero attached hydrogens (tertiary/aromatic N) is 2. The molecule has 0 aliphatic heterocycles. The predicted octanol–water partition coefficient (Wildman–Crippen LogP) is 3.74.